The van der Waals surface area contributed by atoms with Gasteiger partial charge in [0.1, 0.15) is 0 Å². The van der Waals surface area contributed by atoms with E-state index in [1.54, 1.807) is 12.1 Å². The molecule has 1 heterocycles. The third-order valence-electron chi connectivity index (χ3n) is 4.98. The largest absolute Gasteiger partial charge is 0.319 e. The SMILES string of the molecule is Cc1nn(Cc2ccc(Cl)c(Cl)c2)c(C)c1NC(=O)/C=C/c1ccc(C(C)C)cc1. The summed E-state index contributed by atoms with van der Waals surface area (Å²) in [4.78, 5) is 12.4. The molecule has 0 atom stereocenters. The van der Waals surface area contributed by atoms with E-state index >= 15 is 0 Å². The summed E-state index contributed by atoms with van der Waals surface area (Å²) in [5.41, 5.74) is 5.60. The molecule has 6 heteroatoms. The first-order valence-corrected chi connectivity index (χ1v) is 10.6. The minimum absolute atomic E-state index is 0.191. The molecule has 0 unspecified atom stereocenters. The van der Waals surface area contributed by atoms with Gasteiger partial charge in [0.15, 0.2) is 0 Å². The first-order valence-electron chi connectivity index (χ1n) is 9.81. The number of hydrogen-bond donors (Lipinski definition) is 1. The molecule has 3 aromatic rings. The van der Waals surface area contributed by atoms with Crippen LogP contribution in [-0.4, -0.2) is 15.7 Å². The molecule has 1 aromatic heterocycles. The van der Waals surface area contributed by atoms with Crippen LogP contribution < -0.4 is 5.32 Å². The number of nitrogens with zero attached hydrogens (tertiary/aromatic N) is 2. The predicted molar refractivity (Wildman–Crippen MR) is 125 cm³/mol. The minimum atomic E-state index is -0.191. The van der Waals surface area contributed by atoms with E-state index in [4.69, 9.17) is 23.2 Å². The van der Waals surface area contributed by atoms with Crippen molar-refractivity contribution >= 4 is 40.9 Å². The second-order valence-electron chi connectivity index (χ2n) is 7.60. The van der Waals surface area contributed by atoms with Crippen molar-refractivity contribution in [2.45, 2.75) is 40.2 Å². The van der Waals surface area contributed by atoms with Crippen LogP contribution in [0.2, 0.25) is 10.0 Å². The Kier molecular flexibility index (Phi) is 7.01. The number of benzene rings is 2. The number of anilines is 1. The van der Waals surface area contributed by atoms with Crippen LogP contribution in [0.4, 0.5) is 5.69 Å². The minimum Gasteiger partial charge on any atom is -0.319 e. The van der Waals surface area contributed by atoms with Crippen LogP contribution in [0, 0.1) is 13.8 Å². The predicted octanol–water partition coefficient (Wildman–Crippen LogP) is 6.63. The van der Waals surface area contributed by atoms with E-state index in [-0.39, 0.29) is 5.91 Å². The lowest BCUT2D eigenvalue weighted by molar-refractivity contribution is -0.111. The Balaban J connectivity index is 1.70. The Bertz CT molecular complexity index is 1080. The van der Waals surface area contributed by atoms with Gasteiger partial charge in [0.05, 0.1) is 33.7 Å². The Hall–Kier alpha value is -2.56. The number of amides is 1. The van der Waals surface area contributed by atoms with Crippen molar-refractivity contribution in [1.29, 1.82) is 0 Å². The van der Waals surface area contributed by atoms with Crippen LogP contribution in [0.5, 0.6) is 0 Å². The zero-order valence-corrected chi connectivity index (χ0v) is 19.1. The number of halogens is 2. The standard InChI is InChI=1S/C24H25Cl2N3O/c1-15(2)20-9-5-18(6-10-20)8-12-23(30)27-24-16(3)28-29(17(24)4)14-19-7-11-21(25)22(26)13-19/h5-13,15H,14H2,1-4H3,(H,27,30)/b12-8+. The van der Waals surface area contributed by atoms with Crippen molar-refractivity contribution in [3.05, 3.63) is 86.7 Å². The smallest absolute Gasteiger partial charge is 0.248 e. The summed E-state index contributed by atoms with van der Waals surface area (Å²) in [6, 6.07) is 13.7. The van der Waals surface area contributed by atoms with Crippen LogP contribution in [0.15, 0.2) is 48.5 Å². The number of aromatic nitrogens is 2. The van der Waals surface area contributed by atoms with Gasteiger partial charge in [-0.3, -0.25) is 9.48 Å². The highest BCUT2D eigenvalue weighted by Crippen LogP contribution is 2.25. The molecule has 156 valence electrons. The maximum Gasteiger partial charge on any atom is 0.248 e. The molecule has 0 bridgehead atoms. The highest BCUT2D eigenvalue weighted by molar-refractivity contribution is 6.42. The first kappa shape index (κ1) is 22.1. The second kappa shape index (κ2) is 9.50. The van der Waals surface area contributed by atoms with Crippen LogP contribution in [0.3, 0.4) is 0 Å². The molecular weight excluding hydrogens is 417 g/mol. The Labute approximate surface area is 187 Å². The average Bonchev–Trinajstić information content (AvgIpc) is 2.97. The van der Waals surface area contributed by atoms with E-state index in [1.807, 2.05) is 48.9 Å². The molecule has 4 nitrogen and oxygen atoms in total. The van der Waals surface area contributed by atoms with Gasteiger partial charge in [-0.2, -0.15) is 5.10 Å². The molecular formula is C24H25Cl2N3O. The average molecular weight is 442 g/mol. The molecule has 0 aliphatic heterocycles. The van der Waals surface area contributed by atoms with E-state index < -0.39 is 0 Å². The third-order valence-corrected chi connectivity index (χ3v) is 5.72. The summed E-state index contributed by atoms with van der Waals surface area (Å²) in [5.74, 6) is 0.293. The summed E-state index contributed by atoms with van der Waals surface area (Å²) in [6.45, 7) is 8.66. The van der Waals surface area contributed by atoms with Crippen molar-refractivity contribution in [2.75, 3.05) is 5.32 Å². The second-order valence-corrected chi connectivity index (χ2v) is 8.41. The quantitative estimate of drug-likeness (QED) is 0.436. The number of carbonyl (C=O) groups excluding carboxylic acids is 1. The fourth-order valence-electron chi connectivity index (χ4n) is 3.17. The lowest BCUT2D eigenvalue weighted by Crippen LogP contribution is -2.10. The van der Waals surface area contributed by atoms with Crippen molar-refractivity contribution in [3.63, 3.8) is 0 Å². The zero-order valence-electron chi connectivity index (χ0n) is 17.5. The number of nitrogens with one attached hydrogen (secondary N) is 1. The molecule has 0 radical (unpaired) electrons. The van der Waals surface area contributed by atoms with Gasteiger partial charge in [-0.1, -0.05) is 67.4 Å². The summed E-state index contributed by atoms with van der Waals surface area (Å²) in [6.07, 6.45) is 3.35. The molecule has 30 heavy (non-hydrogen) atoms. The fourth-order valence-corrected chi connectivity index (χ4v) is 3.49. The number of carbonyl (C=O) groups is 1. The van der Waals surface area contributed by atoms with Crippen molar-refractivity contribution in [3.8, 4) is 0 Å². The first-order chi connectivity index (χ1) is 14.2. The summed E-state index contributed by atoms with van der Waals surface area (Å²) < 4.78 is 1.85. The van der Waals surface area contributed by atoms with Gasteiger partial charge in [-0.05, 0) is 54.7 Å². The van der Waals surface area contributed by atoms with Crippen molar-refractivity contribution in [2.24, 2.45) is 0 Å². The van der Waals surface area contributed by atoms with E-state index in [9.17, 15) is 4.79 Å². The molecule has 0 aliphatic rings. The van der Waals surface area contributed by atoms with Crippen LogP contribution in [0.1, 0.15) is 47.8 Å². The molecule has 0 saturated heterocycles. The normalized spacial score (nSPS) is 11.4. The van der Waals surface area contributed by atoms with Crippen LogP contribution in [-0.2, 0) is 11.3 Å². The Morgan fingerprint density at radius 1 is 1.10 bits per heavy atom. The highest BCUT2D eigenvalue weighted by Gasteiger charge is 2.14. The molecule has 0 aliphatic carbocycles. The van der Waals surface area contributed by atoms with Gasteiger partial charge in [-0.25, -0.2) is 0 Å². The van der Waals surface area contributed by atoms with Gasteiger partial charge >= 0.3 is 0 Å². The number of hydrogen-bond acceptors (Lipinski definition) is 2. The molecule has 1 N–H and O–H groups in total. The molecule has 0 fully saturated rings. The van der Waals surface area contributed by atoms with Gasteiger partial charge in [0.2, 0.25) is 5.91 Å². The van der Waals surface area contributed by atoms with E-state index in [0.29, 0.717) is 22.5 Å². The molecule has 1 amide bonds. The Morgan fingerprint density at radius 3 is 2.43 bits per heavy atom. The molecule has 0 saturated carbocycles. The molecule has 2 aromatic carbocycles. The molecule has 0 spiro atoms. The number of aryl methyl sites for hydroxylation is 1. The summed E-state index contributed by atoms with van der Waals surface area (Å²) in [7, 11) is 0. The zero-order chi connectivity index (χ0) is 21.8. The molecule has 3 rings (SSSR count). The van der Waals surface area contributed by atoms with Crippen LogP contribution >= 0.6 is 23.2 Å². The number of rotatable bonds is 6. The van der Waals surface area contributed by atoms with Gasteiger partial charge < -0.3 is 5.32 Å². The van der Waals surface area contributed by atoms with Crippen molar-refractivity contribution < 1.29 is 4.79 Å². The van der Waals surface area contributed by atoms with Crippen LogP contribution in [0.25, 0.3) is 6.08 Å². The van der Waals surface area contributed by atoms with E-state index in [0.717, 1.165) is 28.2 Å². The van der Waals surface area contributed by atoms with Gasteiger partial charge in [0.25, 0.3) is 0 Å². The maximum atomic E-state index is 12.4. The van der Waals surface area contributed by atoms with Gasteiger partial charge in [0, 0.05) is 6.08 Å². The topological polar surface area (TPSA) is 46.9 Å². The lowest BCUT2D eigenvalue weighted by atomic mass is 10.0. The maximum absolute atomic E-state index is 12.4. The van der Waals surface area contributed by atoms with Crippen molar-refractivity contribution in [1.82, 2.24) is 9.78 Å². The summed E-state index contributed by atoms with van der Waals surface area (Å²) in [5, 5.41) is 8.54. The van der Waals surface area contributed by atoms with Gasteiger partial charge in [-0.15, -0.1) is 0 Å². The monoisotopic (exact) mass is 441 g/mol. The van der Waals surface area contributed by atoms with E-state index in [2.05, 4.69) is 36.4 Å². The highest BCUT2D eigenvalue weighted by atomic mass is 35.5. The summed E-state index contributed by atoms with van der Waals surface area (Å²) >= 11 is 12.1. The third kappa shape index (κ3) is 5.32. The fraction of sp³-hybridized carbons (Fsp3) is 0.250. The Morgan fingerprint density at radius 2 is 1.80 bits per heavy atom. The lowest BCUT2D eigenvalue weighted by Gasteiger charge is -2.07. The van der Waals surface area contributed by atoms with E-state index in [1.165, 1.54) is 5.56 Å².